The Morgan fingerprint density at radius 2 is 1.74 bits per heavy atom. The van der Waals surface area contributed by atoms with Gasteiger partial charge in [0.05, 0.1) is 4.90 Å². The predicted octanol–water partition coefficient (Wildman–Crippen LogP) is 3.78. The van der Waals surface area contributed by atoms with Crippen molar-refractivity contribution in [3.05, 3.63) is 88.9 Å². The minimum Gasteiger partial charge on any atom is -0.325 e. The van der Waals surface area contributed by atoms with Crippen LogP contribution in [-0.2, 0) is 32.5 Å². The third kappa shape index (κ3) is 5.47. The monoisotopic (exact) mass is 497 g/mol. The van der Waals surface area contributed by atoms with Crippen LogP contribution in [-0.4, -0.2) is 32.8 Å². The topological polar surface area (TPSA) is 95.6 Å². The SMILES string of the molecule is CC(=O)N1CCc2cc(S(=O)(=O)N[C@H](Cc3ccccc3)C(=O)Nc3ccc(Cl)cc3)ccc21. The van der Waals surface area contributed by atoms with E-state index in [1.54, 1.807) is 41.3 Å². The molecule has 1 heterocycles. The largest absolute Gasteiger partial charge is 0.325 e. The molecule has 7 nitrogen and oxygen atoms in total. The molecule has 0 fully saturated rings. The predicted molar refractivity (Wildman–Crippen MR) is 133 cm³/mol. The van der Waals surface area contributed by atoms with E-state index in [1.807, 2.05) is 30.3 Å². The summed E-state index contributed by atoms with van der Waals surface area (Å²) in [6, 6.07) is 19.4. The molecule has 0 radical (unpaired) electrons. The molecule has 1 atom stereocenters. The molecular formula is C25H24ClN3O4S. The first-order chi connectivity index (χ1) is 16.2. The third-order valence-electron chi connectivity index (χ3n) is 5.65. The lowest BCUT2D eigenvalue weighted by atomic mass is 10.1. The summed E-state index contributed by atoms with van der Waals surface area (Å²) in [5.74, 6) is -0.576. The molecule has 9 heteroatoms. The van der Waals surface area contributed by atoms with E-state index in [-0.39, 0.29) is 17.2 Å². The molecular weight excluding hydrogens is 474 g/mol. The molecule has 1 aliphatic heterocycles. The third-order valence-corrected chi connectivity index (χ3v) is 7.37. The van der Waals surface area contributed by atoms with Crippen LogP contribution < -0.4 is 14.9 Å². The normalized spacial score (nSPS) is 13.9. The van der Waals surface area contributed by atoms with Gasteiger partial charge in [-0.05, 0) is 66.4 Å². The number of hydrogen-bond acceptors (Lipinski definition) is 4. The molecule has 0 saturated carbocycles. The van der Waals surface area contributed by atoms with E-state index < -0.39 is 22.0 Å². The van der Waals surface area contributed by atoms with Crippen LogP contribution in [0.5, 0.6) is 0 Å². The zero-order chi connectivity index (χ0) is 24.3. The minimum absolute atomic E-state index is 0.0500. The number of benzene rings is 3. The summed E-state index contributed by atoms with van der Waals surface area (Å²) in [5, 5.41) is 3.28. The second-order valence-electron chi connectivity index (χ2n) is 8.07. The van der Waals surface area contributed by atoms with Crippen LogP contribution in [0.15, 0.2) is 77.7 Å². The van der Waals surface area contributed by atoms with Crippen molar-refractivity contribution in [2.45, 2.75) is 30.7 Å². The highest BCUT2D eigenvalue weighted by molar-refractivity contribution is 7.89. The van der Waals surface area contributed by atoms with Gasteiger partial charge in [0.1, 0.15) is 6.04 Å². The Kier molecular flexibility index (Phi) is 7.02. The summed E-state index contributed by atoms with van der Waals surface area (Å²) in [7, 11) is -4.02. The van der Waals surface area contributed by atoms with Gasteiger partial charge in [0.25, 0.3) is 0 Å². The van der Waals surface area contributed by atoms with E-state index in [1.165, 1.54) is 13.0 Å². The standard InChI is InChI=1S/C25H24ClN3O4S/c1-17(30)29-14-13-19-16-22(11-12-24(19)29)34(32,33)28-23(15-18-5-3-2-4-6-18)25(31)27-21-9-7-20(26)8-10-21/h2-12,16,23,28H,13-15H2,1H3,(H,27,31)/t23-/m1/s1. The number of anilines is 2. The number of fused-ring (bicyclic) bond motifs is 1. The van der Waals surface area contributed by atoms with E-state index in [9.17, 15) is 18.0 Å². The number of halogens is 1. The number of carbonyl (C=O) groups is 2. The first-order valence-corrected chi connectivity index (χ1v) is 12.6. The van der Waals surface area contributed by atoms with Gasteiger partial charge in [0.15, 0.2) is 0 Å². The van der Waals surface area contributed by atoms with Crippen LogP contribution in [0.3, 0.4) is 0 Å². The van der Waals surface area contributed by atoms with Gasteiger partial charge >= 0.3 is 0 Å². The van der Waals surface area contributed by atoms with Gasteiger partial charge < -0.3 is 10.2 Å². The molecule has 2 amide bonds. The highest BCUT2D eigenvalue weighted by Gasteiger charge is 2.29. The Bertz CT molecular complexity index is 1310. The molecule has 0 bridgehead atoms. The smallest absolute Gasteiger partial charge is 0.242 e. The van der Waals surface area contributed by atoms with Crippen molar-refractivity contribution in [1.82, 2.24) is 4.72 Å². The molecule has 2 N–H and O–H groups in total. The maximum Gasteiger partial charge on any atom is 0.242 e. The maximum atomic E-state index is 13.3. The fraction of sp³-hybridized carbons (Fsp3) is 0.200. The number of rotatable bonds is 7. The average Bonchev–Trinajstić information content (AvgIpc) is 3.24. The van der Waals surface area contributed by atoms with Crippen molar-refractivity contribution in [2.75, 3.05) is 16.8 Å². The molecule has 4 rings (SSSR count). The van der Waals surface area contributed by atoms with Gasteiger partial charge in [0, 0.05) is 29.9 Å². The number of nitrogens with zero attached hydrogens (tertiary/aromatic N) is 1. The van der Waals surface area contributed by atoms with Gasteiger partial charge in [-0.1, -0.05) is 41.9 Å². The molecule has 0 unspecified atom stereocenters. The Hall–Kier alpha value is -3.20. The van der Waals surface area contributed by atoms with Crippen LogP contribution in [0.2, 0.25) is 5.02 Å². The van der Waals surface area contributed by atoms with Gasteiger partial charge in [-0.15, -0.1) is 0 Å². The van der Waals surface area contributed by atoms with Crippen molar-refractivity contribution < 1.29 is 18.0 Å². The summed E-state index contributed by atoms with van der Waals surface area (Å²) < 4.78 is 29.1. The number of hydrogen-bond donors (Lipinski definition) is 2. The second kappa shape index (κ2) is 9.97. The fourth-order valence-corrected chi connectivity index (χ4v) is 5.30. The van der Waals surface area contributed by atoms with Gasteiger partial charge in [-0.25, -0.2) is 8.42 Å². The van der Waals surface area contributed by atoms with Gasteiger partial charge in [-0.3, -0.25) is 9.59 Å². The summed E-state index contributed by atoms with van der Waals surface area (Å²) in [6.45, 7) is 2.00. The highest BCUT2D eigenvalue weighted by Crippen LogP contribution is 2.30. The minimum atomic E-state index is -4.02. The van der Waals surface area contributed by atoms with Crippen LogP contribution in [0, 0.1) is 0 Å². The van der Waals surface area contributed by atoms with Crippen molar-refractivity contribution in [3.8, 4) is 0 Å². The number of carbonyl (C=O) groups excluding carboxylic acids is 2. The molecule has 0 spiro atoms. The van der Waals surface area contributed by atoms with Crippen LogP contribution in [0.4, 0.5) is 11.4 Å². The molecule has 176 valence electrons. The fourth-order valence-electron chi connectivity index (χ4n) is 3.93. The van der Waals surface area contributed by atoms with E-state index >= 15 is 0 Å². The highest BCUT2D eigenvalue weighted by atomic mass is 35.5. The number of sulfonamides is 1. The summed E-state index contributed by atoms with van der Waals surface area (Å²) in [5.41, 5.74) is 2.82. The lowest BCUT2D eigenvalue weighted by molar-refractivity contribution is -0.118. The molecule has 3 aromatic rings. The lowest BCUT2D eigenvalue weighted by Gasteiger charge is -2.19. The Morgan fingerprint density at radius 3 is 2.41 bits per heavy atom. The van der Waals surface area contributed by atoms with E-state index in [0.29, 0.717) is 29.4 Å². The Balaban J connectivity index is 1.59. The summed E-state index contributed by atoms with van der Waals surface area (Å²) >= 11 is 5.91. The van der Waals surface area contributed by atoms with Crippen LogP contribution >= 0.6 is 11.6 Å². The van der Waals surface area contributed by atoms with Crippen molar-refractivity contribution >= 4 is 44.8 Å². The van der Waals surface area contributed by atoms with E-state index in [2.05, 4.69) is 10.0 Å². The summed E-state index contributed by atoms with van der Waals surface area (Å²) in [6.07, 6.45) is 0.741. The van der Waals surface area contributed by atoms with Crippen molar-refractivity contribution in [3.63, 3.8) is 0 Å². The first kappa shape index (κ1) is 23.9. The Morgan fingerprint density at radius 1 is 1.03 bits per heavy atom. The molecule has 34 heavy (non-hydrogen) atoms. The molecule has 0 aromatic heterocycles. The Labute approximate surface area is 203 Å². The zero-order valence-electron chi connectivity index (χ0n) is 18.5. The maximum absolute atomic E-state index is 13.3. The van der Waals surface area contributed by atoms with Crippen molar-refractivity contribution in [2.24, 2.45) is 0 Å². The molecule has 0 aliphatic carbocycles. The van der Waals surface area contributed by atoms with Gasteiger partial charge in [-0.2, -0.15) is 4.72 Å². The van der Waals surface area contributed by atoms with E-state index in [0.717, 1.165) is 11.1 Å². The number of amides is 2. The van der Waals surface area contributed by atoms with Gasteiger partial charge in [0.2, 0.25) is 21.8 Å². The van der Waals surface area contributed by atoms with Crippen LogP contribution in [0.1, 0.15) is 18.1 Å². The first-order valence-electron chi connectivity index (χ1n) is 10.8. The summed E-state index contributed by atoms with van der Waals surface area (Å²) in [4.78, 5) is 26.6. The molecule has 3 aromatic carbocycles. The number of nitrogens with one attached hydrogen (secondary N) is 2. The zero-order valence-corrected chi connectivity index (χ0v) is 20.1. The lowest BCUT2D eigenvalue weighted by Crippen LogP contribution is -2.45. The quantitative estimate of drug-likeness (QED) is 0.519. The molecule has 0 saturated heterocycles. The second-order valence-corrected chi connectivity index (χ2v) is 10.2. The van der Waals surface area contributed by atoms with E-state index in [4.69, 9.17) is 11.6 Å². The van der Waals surface area contributed by atoms with Crippen molar-refractivity contribution in [1.29, 1.82) is 0 Å². The molecule has 1 aliphatic rings. The van der Waals surface area contributed by atoms with Crippen LogP contribution in [0.25, 0.3) is 0 Å². The average molecular weight is 498 g/mol.